The van der Waals surface area contributed by atoms with E-state index in [2.05, 4.69) is 23.6 Å². The van der Waals surface area contributed by atoms with Crippen molar-refractivity contribution < 1.29 is 0 Å². The van der Waals surface area contributed by atoms with Crippen molar-refractivity contribution in [2.24, 2.45) is 5.73 Å². The topological polar surface area (TPSA) is 32.5 Å². The first kappa shape index (κ1) is 10.7. The van der Waals surface area contributed by atoms with Crippen LogP contribution in [0.15, 0.2) is 0 Å². The summed E-state index contributed by atoms with van der Waals surface area (Å²) in [6, 6.07) is 0.650. The Hall–Kier alpha value is -0.350. The molecule has 0 saturated carbocycles. The van der Waals surface area contributed by atoms with Gasteiger partial charge in [-0.05, 0) is 31.7 Å². The monoisotopic (exact) mass is 201 g/mol. The highest BCUT2D eigenvalue weighted by molar-refractivity contribution is 7.80. The third kappa shape index (κ3) is 2.54. The fourth-order valence-corrected chi connectivity index (χ4v) is 2.15. The van der Waals surface area contributed by atoms with Crippen LogP contribution < -0.4 is 5.73 Å². The fourth-order valence-electron chi connectivity index (χ4n) is 1.98. The normalized spacial score (nSPS) is 22.7. The lowest BCUT2D eigenvalue weighted by atomic mass is 10.2. The summed E-state index contributed by atoms with van der Waals surface area (Å²) in [5.41, 5.74) is 5.58. The number of likely N-dealkylation sites (tertiary alicyclic amines) is 1. The molecule has 13 heavy (non-hydrogen) atoms. The van der Waals surface area contributed by atoms with Crippen molar-refractivity contribution in [3.8, 4) is 0 Å². The molecule has 0 aromatic rings. The second-order valence-corrected chi connectivity index (χ2v) is 3.87. The smallest absolute Gasteiger partial charge is 0.166 e. The van der Waals surface area contributed by atoms with Crippen molar-refractivity contribution in [3.05, 3.63) is 0 Å². The lowest BCUT2D eigenvalue weighted by Crippen LogP contribution is -2.40. The van der Waals surface area contributed by atoms with E-state index >= 15 is 0 Å². The second-order valence-electron chi connectivity index (χ2n) is 3.45. The SMILES string of the molecule is CCN(CC)C1CCN(C(N)=S)C1. The zero-order valence-electron chi connectivity index (χ0n) is 8.49. The summed E-state index contributed by atoms with van der Waals surface area (Å²) in [7, 11) is 0. The summed E-state index contributed by atoms with van der Waals surface area (Å²) in [5.74, 6) is 0. The lowest BCUT2D eigenvalue weighted by molar-refractivity contribution is 0.224. The van der Waals surface area contributed by atoms with E-state index in [9.17, 15) is 0 Å². The molecule has 1 atom stereocenters. The number of nitrogens with two attached hydrogens (primary N) is 1. The summed E-state index contributed by atoms with van der Waals surface area (Å²) in [6.45, 7) is 8.67. The standard InChI is InChI=1S/C9H19N3S/c1-3-11(4-2)8-5-6-12(7-8)9(10)13/h8H,3-7H2,1-2H3,(H2,10,13). The van der Waals surface area contributed by atoms with Gasteiger partial charge in [-0.3, -0.25) is 4.90 Å². The molecule has 76 valence electrons. The molecular formula is C9H19N3S. The first-order valence-corrected chi connectivity index (χ1v) is 5.38. The molecule has 1 saturated heterocycles. The largest absolute Gasteiger partial charge is 0.376 e. The minimum atomic E-state index is 0.551. The molecule has 1 rings (SSSR count). The van der Waals surface area contributed by atoms with Crippen LogP contribution in [0.25, 0.3) is 0 Å². The molecule has 0 spiro atoms. The van der Waals surface area contributed by atoms with Crippen molar-refractivity contribution in [3.63, 3.8) is 0 Å². The van der Waals surface area contributed by atoms with Crippen molar-refractivity contribution in [1.82, 2.24) is 9.80 Å². The summed E-state index contributed by atoms with van der Waals surface area (Å²) in [5, 5.41) is 0.551. The van der Waals surface area contributed by atoms with Gasteiger partial charge in [0.1, 0.15) is 0 Å². The molecule has 1 aliphatic heterocycles. The molecule has 0 amide bonds. The number of hydrogen-bond donors (Lipinski definition) is 1. The maximum Gasteiger partial charge on any atom is 0.166 e. The molecule has 3 nitrogen and oxygen atoms in total. The van der Waals surface area contributed by atoms with Crippen molar-refractivity contribution in [2.75, 3.05) is 26.2 Å². The Morgan fingerprint density at radius 3 is 2.54 bits per heavy atom. The maximum atomic E-state index is 5.58. The number of hydrogen-bond acceptors (Lipinski definition) is 2. The third-order valence-electron chi connectivity index (χ3n) is 2.80. The van der Waals surface area contributed by atoms with Gasteiger partial charge in [0.05, 0.1) is 0 Å². The number of thiocarbonyl (C=S) groups is 1. The molecule has 1 aliphatic rings. The van der Waals surface area contributed by atoms with Crippen molar-refractivity contribution >= 4 is 17.3 Å². The lowest BCUT2D eigenvalue weighted by Gasteiger charge is -2.26. The fraction of sp³-hybridized carbons (Fsp3) is 0.889. The quantitative estimate of drug-likeness (QED) is 0.680. The van der Waals surface area contributed by atoms with Crippen molar-refractivity contribution in [1.29, 1.82) is 0 Å². The average Bonchev–Trinajstić information content (AvgIpc) is 2.56. The Kier molecular flexibility index (Phi) is 3.93. The molecule has 0 radical (unpaired) electrons. The Morgan fingerprint density at radius 2 is 2.15 bits per heavy atom. The highest BCUT2D eigenvalue weighted by Crippen LogP contribution is 2.14. The van der Waals surface area contributed by atoms with Gasteiger partial charge in [0, 0.05) is 19.1 Å². The van der Waals surface area contributed by atoms with Crippen LogP contribution in [-0.2, 0) is 0 Å². The van der Waals surface area contributed by atoms with E-state index in [1.807, 2.05) is 0 Å². The zero-order valence-corrected chi connectivity index (χ0v) is 9.31. The Labute approximate surface area is 85.9 Å². The Balaban J connectivity index is 2.43. The van der Waals surface area contributed by atoms with Gasteiger partial charge < -0.3 is 10.6 Å². The predicted octanol–water partition coefficient (Wildman–Crippen LogP) is 0.646. The first-order chi connectivity index (χ1) is 6.19. The first-order valence-electron chi connectivity index (χ1n) is 4.97. The molecule has 1 unspecified atom stereocenters. The van der Waals surface area contributed by atoms with Gasteiger partial charge in [0.15, 0.2) is 5.11 Å². The van der Waals surface area contributed by atoms with Crippen LogP contribution in [0.2, 0.25) is 0 Å². The predicted molar refractivity (Wildman–Crippen MR) is 59.7 cm³/mol. The molecule has 0 bridgehead atoms. The summed E-state index contributed by atoms with van der Waals surface area (Å²) < 4.78 is 0. The Morgan fingerprint density at radius 1 is 1.54 bits per heavy atom. The van der Waals surface area contributed by atoms with Crippen molar-refractivity contribution in [2.45, 2.75) is 26.3 Å². The summed E-state index contributed by atoms with van der Waals surface area (Å²) in [6.07, 6.45) is 1.19. The maximum absolute atomic E-state index is 5.58. The molecule has 4 heteroatoms. The van der Waals surface area contributed by atoms with Crippen LogP contribution in [0.3, 0.4) is 0 Å². The van der Waals surface area contributed by atoms with Gasteiger partial charge >= 0.3 is 0 Å². The molecule has 1 fully saturated rings. The summed E-state index contributed by atoms with van der Waals surface area (Å²) in [4.78, 5) is 4.57. The van der Waals surface area contributed by atoms with E-state index in [0.29, 0.717) is 11.2 Å². The minimum Gasteiger partial charge on any atom is -0.376 e. The molecule has 2 N–H and O–H groups in total. The number of rotatable bonds is 3. The van der Waals surface area contributed by atoms with Gasteiger partial charge in [0.2, 0.25) is 0 Å². The zero-order chi connectivity index (χ0) is 9.84. The van der Waals surface area contributed by atoms with Crippen LogP contribution in [0, 0.1) is 0 Å². The average molecular weight is 201 g/mol. The number of nitrogens with zero attached hydrogens (tertiary/aromatic N) is 2. The van der Waals surface area contributed by atoms with E-state index in [1.54, 1.807) is 0 Å². The molecule has 0 aliphatic carbocycles. The van der Waals surface area contributed by atoms with E-state index in [0.717, 1.165) is 26.2 Å². The molecule has 1 heterocycles. The molecular weight excluding hydrogens is 182 g/mol. The van der Waals surface area contributed by atoms with Crippen LogP contribution in [0.1, 0.15) is 20.3 Å². The van der Waals surface area contributed by atoms with Crippen LogP contribution in [-0.4, -0.2) is 47.1 Å². The third-order valence-corrected chi connectivity index (χ3v) is 3.06. The van der Waals surface area contributed by atoms with E-state index in [1.165, 1.54) is 6.42 Å². The van der Waals surface area contributed by atoms with Gasteiger partial charge in [-0.2, -0.15) is 0 Å². The highest BCUT2D eigenvalue weighted by atomic mass is 32.1. The van der Waals surface area contributed by atoms with Gasteiger partial charge in [-0.15, -0.1) is 0 Å². The van der Waals surface area contributed by atoms with Gasteiger partial charge in [-0.1, -0.05) is 13.8 Å². The summed E-state index contributed by atoms with van der Waals surface area (Å²) >= 11 is 4.95. The second kappa shape index (κ2) is 4.77. The van der Waals surface area contributed by atoms with Crippen LogP contribution >= 0.6 is 12.2 Å². The highest BCUT2D eigenvalue weighted by Gasteiger charge is 2.26. The van der Waals surface area contributed by atoms with Gasteiger partial charge in [0.25, 0.3) is 0 Å². The van der Waals surface area contributed by atoms with E-state index in [-0.39, 0.29) is 0 Å². The van der Waals surface area contributed by atoms with Gasteiger partial charge in [-0.25, -0.2) is 0 Å². The molecule has 0 aromatic heterocycles. The molecule has 0 aromatic carbocycles. The van der Waals surface area contributed by atoms with Crippen LogP contribution in [0.5, 0.6) is 0 Å². The van der Waals surface area contributed by atoms with Crippen LogP contribution in [0.4, 0.5) is 0 Å². The minimum absolute atomic E-state index is 0.551. The number of likely N-dealkylation sites (N-methyl/N-ethyl adjacent to an activating group) is 1. The Bertz CT molecular complexity index is 180. The van der Waals surface area contributed by atoms with E-state index < -0.39 is 0 Å². The van der Waals surface area contributed by atoms with E-state index in [4.69, 9.17) is 18.0 Å².